The van der Waals surface area contributed by atoms with Gasteiger partial charge in [-0.3, -0.25) is 14.5 Å². The van der Waals surface area contributed by atoms with Gasteiger partial charge < -0.3 is 9.64 Å². The first kappa shape index (κ1) is 21.1. The molecule has 1 aliphatic rings. The van der Waals surface area contributed by atoms with E-state index >= 15 is 0 Å². The molecule has 0 aromatic heterocycles. The highest BCUT2D eigenvalue weighted by Crippen LogP contribution is 2.29. The first-order valence-corrected chi connectivity index (χ1v) is 10.4. The van der Waals surface area contributed by atoms with Gasteiger partial charge in [0.1, 0.15) is 0 Å². The molecule has 1 unspecified atom stereocenters. The summed E-state index contributed by atoms with van der Waals surface area (Å²) in [4.78, 5) is 28.3. The lowest BCUT2D eigenvalue weighted by Crippen LogP contribution is -2.49. The summed E-state index contributed by atoms with van der Waals surface area (Å²) in [6, 6.07) is 19.4. The molecule has 1 atom stereocenters. The molecule has 0 bridgehead atoms. The molecular weight excluding hydrogens is 364 g/mol. The number of nitrogens with zero attached hydrogens (tertiary/aromatic N) is 2. The maximum absolute atomic E-state index is 12.5. The Labute approximate surface area is 173 Å². The van der Waals surface area contributed by atoms with Gasteiger partial charge in [0.15, 0.2) is 0 Å². The number of benzene rings is 2. The number of hydrogen-bond donors (Lipinski definition) is 0. The molecule has 5 heteroatoms. The quantitative estimate of drug-likeness (QED) is 0.674. The summed E-state index contributed by atoms with van der Waals surface area (Å²) in [5.41, 5.74) is 3.78. The molecule has 1 amide bonds. The number of hydrogen-bond acceptors (Lipinski definition) is 4. The van der Waals surface area contributed by atoms with E-state index in [0.29, 0.717) is 19.7 Å². The van der Waals surface area contributed by atoms with Crippen LogP contribution in [-0.2, 0) is 14.3 Å². The van der Waals surface area contributed by atoms with Crippen LogP contribution in [0.1, 0.15) is 42.5 Å². The molecule has 1 saturated heterocycles. The van der Waals surface area contributed by atoms with Crippen molar-refractivity contribution in [3.8, 4) is 0 Å². The van der Waals surface area contributed by atoms with Crippen molar-refractivity contribution < 1.29 is 14.3 Å². The molecule has 0 radical (unpaired) electrons. The number of rotatable bonds is 7. The fourth-order valence-electron chi connectivity index (χ4n) is 3.83. The van der Waals surface area contributed by atoms with Crippen LogP contribution in [0.25, 0.3) is 0 Å². The fraction of sp³-hybridized carbons (Fsp3) is 0.417. The van der Waals surface area contributed by atoms with E-state index < -0.39 is 0 Å². The van der Waals surface area contributed by atoms with E-state index in [0.717, 1.165) is 13.1 Å². The fourth-order valence-corrected chi connectivity index (χ4v) is 3.83. The number of aryl methyl sites for hydroxylation is 1. The zero-order valence-electron chi connectivity index (χ0n) is 17.3. The van der Waals surface area contributed by atoms with Gasteiger partial charge in [0.05, 0.1) is 19.1 Å². The topological polar surface area (TPSA) is 49.9 Å². The SMILES string of the molecule is CCOC(=O)CCC(=O)N1CCN(C(c2ccccc2)c2ccc(C)cc2)CC1. The van der Waals surface area contributed by atoms with Crippen LogP contribution >= 0.6 is 0 Å². The minimum Gasteiger partial charge on any atom is -0.466 e. The minimum atomic E-state index is -0.303. The maximum atomic E-state index is 12.5. The van der Waals surface area contributed by atoms with Gasteiger partial charge in [-0.05, 0) is 25.0 Å². The van der Waals surface area contributed by atoms with Crippen molar-refractivity contribution in [2.45, 2.75) is 32.7 Å². The van der Waals surface area contributed by atoms with Crippen LogP contribution < -0.4 is 0 Å². The smallest absolute Gasteiger partial charge is 0.306 e. The Morgan fingerprint density at radius 3 is 2.14 bits per heavy atom. The van der Waals surface area contributed by atoms with Crippen LogP contribution in [0.3, 0.4) is 0 Å². The first-order valence-electron chi connectivity index (χ1n) is 10.4. The molecule has 29 heavy (non-hydrogen) atoms. The van der Waals surface area contributed by atoms with Crippen molar-refractivity contribution in [1.82, 2.24) is 9.80 Å². The van der Waals surface area contributed by atoms with E-state index in [2.05, 4.69) is 60.4 Å². The van der Waals surface area contributed by atoms with Gasteiger partial charge in [0.2, 0.25) is 5.91 Å². The van der Waals surface area contributed by atoms with Gasteiger partial charge in [-0.1, -0.05) is 60.2 Å². The molecule has 2 aromatic carbocycles. The minimum absolute atomic E-state index is 0.0318. The van der Waals surface area contributed by atoms with Crippen LogP contribution in [-0.4, -0.2) is 54.5 Å². The molecule has 154 valence electrons. The van der Waals surface area contributed by atoms with E-state index in [1.807, 2.05) is 11.0 Å². The average molecular weight is 395 g/mol. The van der Waals surface area contributed by atoms with Gasteiger partial charge in [-0.2, -0.15) is 0 Å². The Hall–Kier alpha value is -2.66. The average Bonchev–Trinajstić information content (AvgIpc) is 2.75. The molecular formula is C24H30N2O3. The third-order valence-electron chi connectivity index (χ3n) is 5.39. The summed E-state index contributed by atoms with van der Waals surface area (Å²) in [5, 5.41) is 0. The van der Waals surface area contributed by atoms with Crippen molar-refractivity contribution in [2.75, 3.05) is 32.8 Å². The van der Waals surface area contributed by atoms with Gasteiger partial charge in [0, 0.05) is 32.6 Å². The van der Waals surface area contributed by atoms with E-state index in [4.69, 9.17) is 4.74 Å². The number of carbonyl (C=O) groups is 2. The van der Waals surface area contributed by atoms with Crippen LogP contribution in [0.2, 0.25) is 0 Å². The molecule has 1 aliphatic heterocycles. The van der Waals surface area contributed by atoms with Crippen molar-refractivity contribution >= 4 is 11.9 Å². The Kier molecular flexibility index (Phi) is 7.42. The summed E-state index contributed by atoms with van der Waals surface area (Å²) in [6.07, 6.45) is 0.377. The van der Waals surface area contributed by atoms with E-state index in [1.54, 1.807) is 6.92 Å². The molecule has 1 heterocycles. The predicted octanol–water partition coefficient (Wildman–Crippen LogP) is 3.57. The largest absolute Gasteiger partial charge is 0.466 e. The highest BCUT2D eigenvalue weighted by Gasteiger charge is 2.28. The predicted molar refractivity (Wildman–Crippen MR) is 113 cm³/mol. The Morgan fingerprint density at radius 1 is 0.897 bits per heavy atom. The lowest BCUT2D eigenvalue weighted by Gasteiger charge is -2.40. The van der Waals surface area contributed by atoms with Crippen molar-refractivity contribution in [1.29, 1.82) is 0 Å². The highest BCUT2D eigenvalue weighted by atomic mass is 16.5. The maximum Gasteiger partial charge on any atom is 0.306 e. The lowest BCUT2D eigenvalue weighted by molar-refractivity contribution is -0.146. The third kappa shape index (κ3) is 5.67. The standard InChI is InChI=1S/C24H30N2O3/c1-3-29-23(28)14-13-22(27)25-15-17-26(18-16-25)24(20-7-5-4-6-8-20)21-11-9-19(2)10-12-21/h4-12,24H,3,13-18H2,1-2H3. The molecule has 0 N–H and O–H groups in total. The third-order valence-corrected chi connectivity index (χ3v) is 5.39. The number of ether oxygens (including phenoxy) is 1. The molecule has 2 aromatic rings. The zero-order valence-corrected chi connectivity index (χ0v) is 17.3. The van der Waals surface area contributed by atoms with Crippen molar-refractivity contribution in [3.05, 3.63) is 71.3 Å². The van der Waals surface area contributed by atoms with Crippen LogP contribution in [0, 0.1) is 6.92 Å². The highest BCUT2D eigenvalue weighted by molar-refractivity contribution is 5.81. The van der Waals surface area contributed by atoms with Gasteiger partial charge >= 0.3 is 5.97 Å². The Morgan fingerprint density at radius 2 is 1.52 bits per heavy atom. The van der Waals surface area contributed by atoms with Gasteiger partial charge in [-0.25, -0.2) is 0 Å². The Balaban J connectivity index is 1.65. The molecule has 1 fully saturated rings. The van der Waals surface area contributed by atoms with E-state index in [9.17, 15) is 9.59 Å². The number of amides is 1. The summed E-state index contributed by atoms with van der Waals surface area (Å²) in [6.45, 7) is 7.19. The number of piperazine rings is 1. The molecule has 5 nitrogen and oxygen atoms in total. The van der Waals surface area contributed by atoms with Gasteiger partial charge in [-0.15, -0.1) is 0 Å². The summed E-state index contributed by atoms with van der Waals surface area (Å²) < 4.78 is 4.92. The molecule has 3 rings (SSSR count). The van der Waals surface area contributed by atoms with E-state index in [-0.39, 0.29) is 30.8 Å². The lowest BCUT2D eigenvalue weighted by atomic mass is 9.95. The van der Waals surface area contributed by atoms with Crippen LogP contribution in [0.5, 0.6) is 0 Å². The molecule has 0 spiro atoms. The van der Waals surface area contributed by atoms with E-state index in [1.165, 1.54) is 16.7 Å². The Bertz CT molecular complexity index is 797. The van der Waals surface area contributed by atoms with Crippen molar-refractivity contribution in [2.24, 2.45) is 0 Å². The first-order chi connectivity index (χ1) is 14.1. The molecule has 0 aliphatic carbocycles. The number of esters is 1. The monoisotopic (exact) mass is 394 g/mol. The van der Waals surface area contributed by atoms with Crippen LogP contribution in [0.15, 0.2) is 54.6 Å². The second-order valence-electron chi connectivity index (χ2n) is 7.45. The second-order valence-corrected chi connectivity index (χ2v) is 7.45. The van der Waals surface area contributed by atoms with Crippen molar-refractivity contribution in [3.63, 3.8) is 0 Å². The normalized spacial score (nSPS) is 15.7. The zero-order chi connectivity index (χ0) is 20.6. The molecule has 0 saturated carbocycles. The second kappa shape index (κ2) is 10.2. The summed E-state index contributed by atoms with van der Waals surface area (Å²) in [5.74, 6) is -0.271. The number of carbonyl (C=O) groups excluding carboxylic acids is 2. The van der Waals surface area contributed by atoms with Gasteiger partial charge in [0.25, 0.3) is 0 Å². The summed E-state index contributed by atoms with van der Waals surface area (Å²) >= 11 is 0. The van der Waals surface area contributed by atoms with Crippen LogP contribution in [0.4, 0.5) is 0 Å². The summed E-state index contributed by atoms with van der Waals surface area (Å²) in [7, 11) is 0.